The molecule has 3 rings (SSSR count). The van der Waals surface area contributed by atoms with Crippen molar-refractivity contribution in [1.29, 1.82) is 0 Å². The van der Waals surface area contributed by atoms with E-state index in [9.17, 15) is 0 Å². The van der Waals surface area contributed by atoms with E-state index in [-0.39, 0.29) is 0 Å². The van der Waals surface area contributed by atoms with E-state index in [0.29, 0.717) is 12.4 Å². The molecule has 0 fully saturated rings. The Bertz CT molecular complexity index is 803. The third-order valence-corrected chi connectivity index (χ3v) is 3.48. The molecule has 3 heteroatoms. The summed E-state index contributed by atoms with van der Waals surface area (Å²) in [6, 6.07) is 20.1. The molecule has 1 aromatic heterocycles. The standard InChI is InChI=1S/C21H18N2O/c1-2-8-19(9-3-1)17-24-20-13-11-18(12-14-20)7-4-5-10-21-22-15-6-16-23-21/h1-3,6,8-9,11-16H,4,7,17H2. The molecule has 2 aromatic carbocycles. The van der Waals surface area contributed by atoms with Crippen LogP contribution in [0.25, 0.3) is 0 Å². The van der Waals surface area contributed by atoms with Crippen LogP contribution in [0.4, 0.5) is 0 Å². The SMILES string of the molecule is C(#Cc1ncccn1)CCc1ccc(OCc2ccccc2)cc1. The highest BCUT2D eigenvalue weighted by atomic mass is 16.5. The molecule has 0 saturated carbocycles. The van der Waals surface area contributed by atoms with Crippen molar-refractivity contribution in [2.45, 2.75) is 19.4 Å². The molecule has 0 N–H and O–H groups in total. The van der Waals surface area contributed by atoms with E-state index in [2.05, 4.69) is 46.1 Å². The Hall–Kier alpha value is -3.12. The molecule has 3 nitrogen and oxygen atoms in total. The third-order valence-electron chi connectivity index (χ3n) is 3.48. The van der Waals surface area contributed by atoms with Crippen molar-refractivity contribution in [3.8, 4) is 17.6 Å². The molecule has 0 atom stereocenters. The van der Waals surface area contributed by atoms with Crippen LogP contribution < -0.4 is 4.74 Å². The predicted octanol–water partition coefficient (Wildman–Crippen LogP) is 4.04. The molecule has 1 heterocycles. The molecule has 0 amide bonds. The Morgan fingerprint density at radius 3 is 2.29 bits per heavy atom. The molecule has 24 heavy (non-hydrogen) atoms. The fourth-order valence-corrected chi connectivity index (χ4v) is 2.21. The fraction of sp³-hybridized carbons (Fsp3) is 0.143. The van der Waals surface area contributed by atoms with Gasteiger partial charge in [-0.15, -0.1) is 0 Å². The van der Waals surface area contributed by atoms with Gasteiger partial charge < -0.3 is 4.74 Å². The Morgan fingerprint density at radius 2 is 1.54 bits per heavy atom. The van der Waals surface area contributed by atoms with Crippen molar-refractivity contribution in [3.63, 3.8) is 0 Å². The van der Waals surface area contributed by atoms with Gasteiger partial charge in [-0.25, -0.2) is 9.97 Å². The van der Waals surface area contributed by atoms with Crippen LogP contribution in [-0.4, -0.2) is 9.97 Å². The van der Waals surface area contributed by atoms with E-state index in [1.807, 2.05) is 30.3 Å². The van der Waals surface area contributed by atoms with Gasteiger partial charge in [0.2, 0.25) is 5.82 Å². The van der Waals surface area contributed by atoms with Crippen molar-refractivity contribution in [1.82, 2.24) is 9.97 Å². The molecular formula is C21H18N2O. The van der Waals surface area contributed by atoms with Gasteiger partial charge in [-0.05, 0) is 41.7 Å². The molecular weight excluding hydrogens is 296 g/mol. The average Bonchev–Trinajstić information content (AvgIpc) is 2.66. The number of aryl methyl sites for hydroxylation is 1. The molecule has 0 saturated heterocycles. The summed E-state index contributed by atoms with van der Waals surface area (Å²) >= 11 is 0. The van der Waals surface area contributed by atoms with E-state index in [1.54, 1.807) is 18.5 Å². The van der Waals surface area contributed by atoms with Crippen LogP contribution in [0.3, 0.4) is 0 Å². The zero-order valence-electron chi connectivity index (χ0n) is 13.4. The highest BCUT2D eigenvalue weighted by molar-refractivity contribution is 5.29. The summed E-state index contributed by atoms with van der Waals surface area (Å²) in [5.41, 5.74) is 2.41. The first kappa shape index (κ1) is 15.8. The summed E-state index contributed by atoms with van der Waals surface area (Å²) in [5, 5.41) is 0. The lowest BCUT2D eigenvalue weighted by molar-refractivity contribution is 0.306. The van der Waals surface area contributed by atoms with Gasteiger partial charge in [-0.1, -0.05) is 48.4 Å². The van der Waals surface area contributed by atoms with E-state index >= 15 is 0 Å². The average molecular weight is 314 g/mol. The lowest BCUT2D eigenvalue weighted by Gasteiger charge is -2.07. The summed E-state index contributed by atoms with van der Waals surface area (Å²) in [6.45, 7) is 0.586. The first-order valence-corrected chi connectivity index (χ1v) is 7.92. The molecule has 0 aliphatic heterocycles. The maximum absolute atomic E-state index is 5.79. The molecule has 3 aromatic rings. The molecule has 0 radical (unpaired) electrons. The van der Waals surface area contributed by atoms with Crippen molar-refractivity contribution in [2.75, 3.05) is 0 Å². The predicted molar refractivity (Wildman–Crippen MR) is 94.4 cm³/mol. The van der Waals surface area contributed by atoms with Gasteiger partial charge in [0, 0.05) is 18.8 Å². The summed E-state index contributed by atoms with van der Waals surface area (Å²) in [5.74, 6) is 7.53. The summed E-state index contributed by atoms with van der Waals surface area (Å²) < 4.78 is 5.79. The van der Waals surface area contributed by atoms with Crippen LogP contribution in [-0.2, 0) is 13.0 Å². The van der Waals surface area contributed by atoms with E-state index < -0.39 is 0 Å². The number of benzene rings is 2. The van der Waals surface area contributed by atoms with Crippen LogP contribution >= 0.6 is 0 Å². The number of nitrogens with zero attached hydrogens (tertiary/aromatic N) is 2. The Labute approximate surface area is 142 Å². The normalized spacial score (nSPS) is 9.83. The molecule has 0 aliphatic rings. The zero-order chi connectivity index (χ0) is 16.5. The number of aromatic nitrogens is 2. The first-order chi connectivity index (χ1) is 11.9. The smallest absolute Gasteiger partial charge is 0.204 e. The lowest BCUT2D eigenvalue weighted by atomic mass is 10.1. The van der Waals surface area contributed by atoms with Gasteiger partial charge in [0.25, 0.3) is 0 Å². The Balaban J connectivity index is 1.47. The summed E-state index contributed by atoms with van der Waals surface area (Å²) in [6.07, 6.45) is 5.08. The summed E-state index contributed by atoms with van der Waals surface area (Å²) in [7, 11) is 0. The van der Waals surface area contributed by atoms with E-state index in [1.165, 1.54) is 11.1 Å². The zero-order valence-corrected chi connectivity index (χ0v) is 13.4. The van der Waals surface area contributed by atoms with Gasteiger partial charge in [0.15, 0.2) is 0 Å². The second-order valence-electron chi connectivity index (χ2n) is 5.29. The highest BCUT2D eigenvalue weighted by Gasteiger charge is 1.97. The van der Waals surface area contributed by atoms with Crippen molar-refractivity contribution in [3.05, 3.63) is 90.0 Å². The van der Waals surface area contributed by atoms with Gasteiger partial charge in [-0.2, -0.15) is 0 Å². The van der Waals surface area contributed by atoms with Gasteiger partial charge in [-0.3, -0.25) is 0 Å². The van der Waals surface area contributed by atoms with Crippen LogP contribution in [0.15, 0.2) is 73.1 Å². The topological polar surface area (TPSA) is 35.0 Å². The van der Waals surface area contributed by atoms with Crippen LogP contribution in [0.2, 0.25) is 0 Å². The molecule has 0 aliphatic carbocycles. The molecule has 118 valence electrons. The monoisotopic (exact) mass is 314 g/mol. The summed E-state index contributed by atoms with van der Waals surface area (Å²) in [4.78, 5) is 8.16. The van der Waals surface area contributed by atoms with Crippen LogP contribution in [0.1, 0.15) is 23.4 Å². The molecule has 0 unspecified atom stereocenters. The van der Waals surface area contributed by atoms with Crippen LogP contribution in [0, 0.1) is 11.8 Å². The third kappa shape index (κ3) is 4.96. The minimum atomic E-state index is 0.571. The maximum Gasteiger partial charge on any atom is 0.204 e. The number of rotatable bonds is 5. The minimum Gasteiger partial charge on any atom is -0.489 e. The van der Waals surface area contributed by atoms with Crippen molar-refractivity contribution >= 4 is 0 Å². The maximum atomic E-state index is 5.79. The number of ether oxygens (including phenoxy) is 1. The molecule has 0 spiro atoms. The Kier molecular flexibility index (Phi) is 5.58. The Morgan fingerprint density at radius 1 is 0.792 bits per heavy atom. The lowest BCUT2D eigenvalue weighted by Crippen LogP contribution is -1.95. The van der Waals surface area contributed by atoms with Crippen molar-refractivity contribution in [2.24, 2.45) is 0 Å². The van der Waals surface area contributed by atoms with Gasteiger partial charge in [0.1, 0.15) is 12.4 Å². The quantitative estimate of drug-likeness (QED) is 0.667. The van der Waals surface area contributed by atoms with Gasteiger partial charge in [0.05, 0.1) is 0 Å². The van der Waals surface area contributed by atoms with Crippen molar-refractivity contribution < 1.29 is 4.74 Å². The number of hydrogen-bond donors (Lipinski definition) is 0. The fourth-order valence-electron chi connectivity index (χ4n) is 2.21. The largest absolute Gasteiger partial charge is 0.489 e. The second kappa shape index (κ2) is 8.50. The first-order valence-electron chi connectivity index (χ1n) is 7.92. The van der Waals surface area contributed by atoms with Crippen LogP contribution in [0.5, 0.6) is 5.75 Å². The van der Waals surface area contributed by atoms with E-state index in [0.717, 1.165) is 18.6 Å². The van der Waals surface area contributed by atoms with E-state index in [4.69, 9.17) is 4.74 Å². The number of hydrogen-bond acceptors (Lipinski definition) is 3. The second-order valence-corrected chi connectivity index (χ2v) is 5.29. The molecule has 0 bridgehead atoms. The highest BCUT2D eigenvalue weighted by Crippen LogP contribution is 2.15. The van der Waals surface area contributed by atoms with Gasteiger partial charge >= 0.3 is 0 Å². The minimum absolute atomic E-state index is 0.571.